The van der Waals surface area contributed by atoms with E-state index in [0.29, 0.717) is 17.9 Å². The largest absolute Gasteiger partial charge is 0.507 e. The molecule has 1 heterocycles. The summed E-state index contributed by atoms with van der Waals surface area (Å²) < 4.78 is 5.38. The van der Waals surface area contributed by atoms with E-state index in [2.05, 4.69) is 15.3 Å². The smallest absolute Gasteiger partial charge is 0.350 e. The molecule has 0 spiro atoms. The van der Waals surface area contributed by atoms with Crippen LogP contribution in [0.3, 0.4) is 0 Å². The molecule has 0 aliphatic rings. The minimum Gasteiger partial charge on any atom is -0.507 e. The summed E-state index contributed by atoms with van der Waals surface area (Å²) in [6.45, 7) is 2.49. The zero-order chi connectivity index (χ0) is 24.9. The SMILES string of the molecule is CC[C@H](N)CNc1nc(-c2cc(OC(=O)c3ccccc3[N+](=O)[O-])ccc2O)nc2ccccc12. The van der Waals surface area contributed by atoms with E-state index in [9.17, 15) is 20.0 Å². The summed E-state index contributed by atoms with van der Waals surface area (Å²) in [7, 11) is 0. The maximum absolute atomic E-state index is 12.6. The zero-order valence-corrected chi connectivity index (χ0v) is 18.8. The van der Waals surface area contributed by atoms with Gasteiger partial charge in [-0.25, -0.2) is 14.8 Å². The fourth-order valence-electron chi connectivity index (χ4n) is 3.43. The highest BCUT2D eigenvalue weighted by atomic mass is 16.6. The standard InChI is InChI=1S/C25H23N5O5/c1-2-15(26)14-27-23-17-7-3-5-9-20(17)28-24(29-23)19-13-16(11-12-22(19)31)35-25(32)18-8-4-6-10-21(18)30(33)34/h3-13,15,31H,2,14,26H2,1H3,(H,27,28,29)/t15-/m0/s1. The fourth-order valence-corrected chi connectivity index (χ4v) is 3.43. The number of aromatic nitrogens is 2. The monoisotopic (exact) mass is 473 g/mol. The van der Waals surface area contributed by atoms with Crippen LogP contribution in [0.25, 0.3) is 22.3 Å². The van der Waals surface area contributed by atoms with Gasteiger partial charge in [-0.15, -0.1) is 0 Å². The van der Waals surface area contributed by atoms with E-state index in [4.69, 9.17) is 10.5 Å². The molecule has 1 aromatic heterocycles. The Balaban J connectivity index is 1.70. The Labute approximate surface area is 200 Å². The van der Waals surface area contributed by atoms with Gasteiger partial charge in [0.15, 0.2) is 5.82 Å². The number of nitrogens with two attached hydrogens (primary N) is 1. The topological polar surface area (TPSA) is 154 Å². The molecule has 0 aliphatic heterocycles. The van der Waals surface area contributed by atoms with Crippen LogP contribution in [0.2, 0.25) is 0 Å². The number of nitrogens with zero attached hydrogens (tertiary/aromatic N) is 3. The molecule has 10 nitrogen and oxygen atoms in total. The summed E-state index contributed by atoms with van der Waals surface area (Å²) in [6.07, 6.45) is 0.788. The highest BCUT2D eigenvalue weighted by Gasteiger charge is 2.22. The Hall–Kier alpha value is -4.57. The molecule has 3 aromatic carbocycles. The highest BCUT2D eigenvalue weighted by molar-refractivity contribution is 5.95. The summed E-state index contributed by atoms with van der Waals surface area (Å²) in [4.78, 5) is 32.4. The number of phenolic OH excluding ortho intramolecular Hbond substituents is 1. The summed E-state index contributed by atoms with van der Waals surface area (Å²) in [6, 6.07) is 17.0. The second-order valence-corrected chi connectivity index (χ2v) is 7.80. The molecule has 0 bridgehead atoms. The molecule has 10 heteroatoms. The third-order valence-corrected chi connectivity index (χ3v) is 5.40. The number of nitro groups is 1. The minimum absolute atomic E-state index is 0.0645. The van der Waals surface area contributed by atoms with Gasteiger partial charge in [0.25, 0.3) is 5.69 Å². The van der Waals surface area contributed by atoms with Crippen molar-refractivity contribution in [3.63, 3.8) is 0 Å². The molecular formula is C25H23N5O5. The number of carbonyl (C=O) groups is 1. The number of phenols is 1. The first kappa shape index (κ1) is 23.6. The summed E-state index contributed by atoms with van der Waals surface area (Å²) in [5, 5.41) is 25.8. The lowest BCUT2D eigenvalue weighted by atomic mass is 10.1. The number of esters is 1. The molecule has 4 N–H and O–H groups in total. The molecule has 1 atom stereocenters. The number of carbonyl (C=O) groups excluding carboxylic acids is 1. The van der Waals surface area contributed by atoms with Crippen molar-refractivity contribution in [2.45, 2.75) is 19.4 Å². The van der Waals surface area contributed by atoms with E-state index in [1.807, 2.05) is 31.2 Å². The van der Waals surface area contributed by atoms with Crippen molar-refractivity contribution in [1.82, 2.24) is 9.97 Å². The van der Waals surface area contributed by atoms with E-state index < -0.39 is 10.9 Å². The second-order valence-electron chi connectivity index (χ2n) is 7.80. The molecule has 35 heavy (non-hydrogen) atoms. The predicted octanol–water partition coefficient (Wildman–Crippen LogP) is 4.28. The van der Waals surface area contributed by atoms with Crippen LogP contribution in [-0.4, -0.2) is 38.6 Å². The summed E-state index contributed by atoms with van der Waals surface area (Å²) >= 11 is 0. The minimum atomic E-state index is -0.899. The molecule has 4 aromatic rings. The van der Waals surface area contributed by atoms with E-state index >= 15 is 0 Å². The van der Waals surface area contributed by atoms with E-state index in [1.54, 1.807) is 0 Å². The van der Waals surface area contributed by atoms with Crippen molar-refractivity contribution < 1.29 is 19.6 Å². The Bertz CT molecular complexity index is 1410. The predicted molar refractivity (Wildman–Crippen MR) is 131 cm³/mol. The van der Waals surface area contributed by atoms with Gasteiger partial charge in [0, 0.05) is 24.0 Å². The van der Waals surface area contributed by atoms with Gasteiger partial charge in [0.1, 0.15) is 22.9 Å². The van der Waals surface area contributed by atoms with Gasteiger partial charge < -0.3 is 20.9 Å². The first-order valence-electron chi connectivity index (χ1n) is 10.9. The number of para-hydroxylation sites is 2. The number of fused-ring (bicyclic) bond motifs is 1. The molecule has 0 amide bonds. The molecule has 0 aliphatic carbocycles. The van der Waals surface area contributed by atoms with Crippen molar-refractivity contribution in [2.75, 3.05) is 11.9 Å². The van der Waals surface area contributed by atoms with Crippen LogP contribution in [0.5, 0.6) is 11.5 Å². The van der Waals surface area contributed by atoms with Crippen LogP contribution >= 0.6 is 0 Å². The molecule has 0 unspecified atom stereocenters. The third kappa shape index (κ3) is 5.17. The first-order valence-corrected chi connectivity index (χ1v) is 10.9. The number of ether oxygens (including phenoxy) is 1. The number of aromatic hydroxyl groups is 1. The van der Waals surface area contributed by atoms with Gasteiger partial charge in [-0.2, -0.15) is 0 Å². The highest BCUT2D eigenvalue weighted by Crippen LogP contribution is 2.33. The van der Waals surface area contributed by atoms with Gasteiger partial charge in [-0.1, -0.05) is 31.2 Å². The molecule has 4 rings (SSSR count). The van der Waals surface area contributed by atoms with Crippen LogP contribution in [0.1, 0.15) is 23.7 Å². The van der Waals surface area contributed by atoms with Crippen molar-refractivity contribution in [1.29, 1.82) is 0 Å². The Morgan fingerprint density at radius 3 is 2.66 bits per heavy atom. The van der Waals surface area contributed by atoms with Gasteiger partial charge in [0.2, 0.25) is 0 Å². The average Bonchev–Trinajstić information content (AvgIpc) is 2.87. The number of anilines is 1. The molecule has 0 fully saturated rings. The number of nitro benzene ring substituents is 1. The quantitative estimate of drug-likeness (QED) is 0.147. The number of nitrogens with one attached hydrogen (secondary N) is 1. The molecule has 0 saturated heterocycles. The van der Waals surface area contributed by atoms with Crippen LogP contribution in [0.4, 0.5) is 11.5 Å². The van der Waals surface area contributed by atoms with Gasteiger partial charge >= 0.3 is 5.97 Å². The summed E-state index contributed by atoms with van der Waals surface area (Å²) in [5.74, 6) is -0.194. The average molecular weight is 473 g/mol. The zero-order valence-electron chi connectivity index (χ0n) is 18.8. The van der Waals surface area contributed by atoms with Crippen molar-refractivity contribution in [3.8, 4) is 22.9 Å². The lowest BCUT2D eigenvalue weighted by Gasteiger charge is -2.14. The normalized spacial score (nSPS) is 11.7. The van der Waals surface area contributed by atoms with Crippen molar-refractivity contribution >= 4 is 28.4 Å². The maximum atomic E-state index is 12.6. The van der Waals surface area contributed by atoms with E-state index in [1.165, 1.54) is 42.5 Å². The second kappa shape index (κ2) is 10.1. The summed E-state index contributed by atoms with van der Waals surface area (Å²) in [5.41, 5.74) is 6.37. The van der Waals surface area contributed by atoms with Crippen LogP contribution in [0, 0.1) is 10.1 Å². The van der Waals surface area contributed by atoms with Crippen molar-refractivity contribution in [2.24, 2.45) is 5.73 Å². The van der Waals surface area contributed by atoms with Crippen LogP contribution < -0.4 is 15.8 Å². The molecule has 0 radical (unpaired) electrons. The van der Waals surface area contributed by atoms with Crippen LogP contribution in [-0.2, 0) is 0 Å². The van der Waals surface area contributed by atoms with E-state index in [0.717, 1.165) is 11.8 Å². The van der Waals surface area contributed by atoms with E-state index in [-0.39, 0.29) is 40.2 Å². The van der Waals surface area contributed by atoms with Gasteiger partial charge in [-0.05, 0) is 42.8 Å². The fraction of sp³-hybridized carbons (Fsp3) is 0.160. The van der Waals surface area contributed by atoms with Crippen LogP contribution in [0.15, 0.2) is 66.7 Å². The first-order chi connectivity index (χ1) is 16.9. The Morgan fingerprint density at radius 2 is 1.89 bits per heavy atom. The van der Waals surface area contributed by atoms with Crippen molar-refractivity contribution in [3.05, 3.63) is 82.4 Å². The van der Waals surface area contributed by atoms with Gasteiger partial charge in [0.05, 0.1) is 16.0 Å². The third-order valence-electron chi connectivity index (χ3n) is 5.40. The Morgan fingerprint density at radius 1 is 1.14 bits per heavy atom. The molecule has 0 saturated carbocycles. The lowest BCUT2D eigenvalue weighted by Crippen LogP contribution is -2.28. The number of benzene rings is 3. The molecular weight excluding hydrogens is 450 g/mol. The lowest BCUT2D eigenvalue weighted by molar-refractivity contribution is -0.385. The number of hydrogen-bond donors (Lipinski definition) is 3. The van der Waals surface area contributed by atoms with Gasteiger partial charge in [-0.3, -0.25) is 10.1 Å². The maximum Gasteiger partial charge on any atom is 0.350 e. The molecule has 178 valence electrons. The number of hydrogen-bond acceptors (Lipinski definition) is 9. The Kier molecular flexibility index (Phi) is 6.83. The number of rotatable bonds is 8.